The predicted octanol–water partition coefficient (Wildman–Crippen LogP) is 1.23. The van der Waals surface area contributed by atoms with Crippen molar-refractivity contribution in [3.05, 3.63) is 53.6 Å². The molecular weight excluding hydrogens is 452 g/mol. The van der Waals surface area contributed by atoms with Crippen molar-refractivity contribution in [1.29, 1.82) is 0 Å². The molecule has 176 valence electrons. The summed E-state index contributed by atoms with van der Waals surface area (Å²) < 4.78 is 57.3. The number of halogens is 4. The van der Waals surface area contributed by atoms with Crippen molar-refractivity contribution in [1.82, 2.24) is 35.3 Å². The van der Waals surface area contributed by atoms with Crippen LogP contribution in [0.15, 0.2) is 36.7 Å². The molecule has 0 bridgehead atoms. The van der Waals surface area contributed by atoms with Crippen molar-refractivity contribution in [3.63, 3.8) is 0 Å². The summed E-state index contributed by atoms with van der Waals surface area (Å²) in [4.78, 5) is 23.2. The first-order valence-corrected chi connectivity index (χ1v) is 9.46. The third-order valence-electron chi connectivity index (χ3n) is 4.20. The second kappa shape index (κ2) is 10.1. The molecule has 15 heteroatoms. The lowest BCUT2D eigenvalue weighted by Gasteiger charge is -2.10. The van der Waals surface area contributed by atoms with E-state index in [-0.39, 0.29) is 37.4 Å². The topological polar surface area (TPSA) is 143 Å². The smallest absolute Gasteiger partial charge is 0.406 e. The van der Waals surface area contributed by atoms with Gasteiger partial charge in [-0.3, -0.25) is 14.3 Å². The zero-order valence-electron chi connectivity index (χ0n) is 16.9. The summed E-state index contributed by atoms with van der Waals surface area (Å²) in [6, 6.07) is 5.17. The molecule has 3 N–H and O–H groups in total. The van der Waals surface area contributed by atoms with Gasteiger partial charge < -0.3 is 15.8 Å². The highest BCUT2D eigenvalue weighted by atomic mass is 19.4. The van der Waals surface area contributed by atoms with Crippen molar-refractivity contribution in [2.45, 2.75) is 38.6 Å². The van der Waals surface area contributed by atoms with Crippen LogP contribution < -0.4 is 15.8 Å². The van der Waals surface area contributed by atoms with Gasteiger partial charge in [0.1, 0.15) is 11.9 Å². The minimum absolute atomic E-state index is 0.0161. The summed E-state index contributed by atoms with van der Waals surface area (Å²) in [5, 5.41) is 17.1. The molecule has 0 saturated carbocycles. The van der Waals surface area contributed by atoms with Crippen LogP contribution in [0.5, 0.6) is 5.75 Å². The van der Waals surface area contributed by atoms with Crippen molar-refractivity contribution < 1.29 is 31.9 Å². The fraction of sp³-hybridized carbons (Fsp3) is 0.333. The maximum atomic E-state index is 14.2. The molecule has 2 aromatic heterocycles. The van der Waals surface area contributed by atoms with Gasteiger partial charge in [-0.05, 0) is 17.7 Å². The third kappa shape index (κ3) is 7.26. The number of rotatable bonds is 10. The zero-order valence-corrected chi connectivity index (χ0v) is 16.9. The molecule has 1 unspecified atom stereocenters. The molecule has 0 fully saturated rings. The van der Waals surface area contributed by atoms with Gasteiger partial charge in [0.2, 0.25) is 0 Å². The average molecular weight is 470 g/mol. The van der Waals surface area contributed by atoms with Crippen molar-refractivity contribution in [3.8, 4) is 5.75 Å². The van der Waals surface area contributed by atoms with Gasteiger partial charge in [0.15, 0.2) is 11.4 Å². The first-order chi connectivity index (χ1) is 15.6. The SMILES string of the molecule is NC(=O)c1cn(CC(F)CCn2cc(C(=O)NCc3cccc(OC(F)(F)F)c3)nn2)nn1. The van der Waals surface area contributed by atoms with Crippen LogP contribution in [0.2, 0.25) is 0 Å². The van der Waals surface area contributed by atoms with Gasteiger partial charge in [0.25, 0.3) is 11.8 Å². The highest BCUT2D eigenvalue weighted by molar-refractivity contribution is 5.91. The van der Waals surface area contributed by atoms with E-state index in [1.807, 2.05) is 0 Å². The number of nitrogens with zero attached hydrogens (tertiary/aromatic N) is 6. The van der Waals surface area contributed by atoms with Crippen molar-refractivity contribution >= 4 is 11.8 Å². The molecule has 3 aromatic rings. The van der Waals surface area contributed by atoms with Crippen molar-refractivity contribution in [2.24, 2.45) is 5.73 Å². The van der Waals surface area contributed by atoms with E-state index in [9.17, 15) is 27.2 Å². The second-order valence-electron chi connectivity index (χ2n) is 6.82. The summed E-state index contributed by atoms with van der Waals surface area (Å²) in [7, 11) is 0. The van der Waals surface area contributed by atoms with Crippen LogP contribution >= 0.6 is 0 Å². The van der Waals surface area contributed by atoms with E-state index in [2.05, 4.69) is 30.7 Å². The number of nitrogens with two attached hydrogens (primary N) is 1. The standard InChI is InChI=1S/C18H18F4N8O3/c19-12(8-30-9-14(16(23)31)25-28-30)4-5-29-10-15(26-27-29)17(32)24-7-11-2-1-3-13(6-11)33-18(20,21)22/h1-3,6,9-10,12H,4-5,7-8H2,(H2,23,31)(H,24,32). The van der Waals surface area contributed by atoms with E-state index in [0.29, 0.717) is 5.56 Å². The van der Waals surface area contributed by atoms with Gasteiger partial charge in [-0.1, -0.05) is 22.6 Å². The van der Waals surface area contributed by atoms with Crippen LogP contribution in [0.1, 0.15) is 33.0 Å². The molecule has 1 atom stereocenters. The van der Waals surface area contributed by atoms with Crippen LogP contribution in [-0.4, -0.2) is 54.3 Å². The molecule has 0 radical (unpaired) electrons. The number of alkyl halides is 4. The summed E-state index contributed by atoms with van der Waals surface area (Å²) in [6.07, 6.45) is -3.60. The molecule has 2 heterocycles. The van der Waals surface area contributed by atoms with E-state index < -0.39 is 30.1 Å². The Hall–Kier alpha value is -4.04. The number of carbonyl (C=O) groups is 2. The molecule has 0 aliphatic heterocycles. The van der Waals surface area contributed by atoms with Crippen LogP contribution in [-0.2, 0) is 19.6 Å². The number of hydrogen-bond acceptors (Lipinski definition) is 7. The fourth-order valence-corrected chi connectivity index (χ4v) is 2.70. The number of carbonyl (C=O) groups excluding carboxylic acids is 2. The van der Waals surface area contributed by atoms with E-state index in [0.717, 1.165) is 16.8 Å². The van der Waals surface area contributed by atoms with Gasteiger partial charge in [-0.2, -0.15) is 0 Å². The number of ether oxygens (including phenoxy) is 1. The average Bonchev–Trinajstić information content (AvgIpc) is 3.39. The molecule has 1 aromatic carbocycles. The summed E-state index contributed by atoms with van der Waals surface area (Å²) in [5.41, 5.74) is 5.32. The van der Waals surface area contributed by atoms with Gasteiger partial charge >= 0.3 is 6.36 Å². The van der Waals surface area contributed by atoms with Crippen molar-refractivity contribution in [2.75, 3.05) is 0 Å². The maximum Gasteiger partial charge on any atom is 0.573 e. The number of benzene rings is 1. The van der Waals surface area contributed by atoms with Crippen LogP contribution in [0.4, 0.5) is 17.6 Å². The Kier molecular flexibility index (Phi) is 7.20. The van der Waals surface area contributed by atoms with E-state index in [1.165, 1.54) is 29.2 Å². The summed E-state index contributed by atoms with van der Waals surface area (Å²) in [6.45, 7) is -0.117. The Bertz CT molecular complexity index is 1110. The number of aromatic nitrogens is 6. The highest BCUT2D eigenvalue weighted by Gasteiger charge is 2.31. The Labute approximate surface area is 183 Å². The Morgan fingerprint density at radius 2 is 1.82 bits per heavy atom. The minimum Gasteiger partial charge on any atom is -0.406 e. The largest absolute Gasteiger partial charge is 0.573 e. The number of amides is 2. The molecule has 3 rings (SSSR count). The normalized spacial score (nSPS) is 12.4. The molecule has 0 spiro atoms. The lowest BCUT2D eigenvalue weighted by atomic mass is 10.2. The second-order valence-corrected chi connectivity index (χ2v) is 6.82. The molecule has 33 heavy (non-hydrogen) atoms. The number of hydrogen-bond donors (Lipinski definition) is 2. The van der Waals surface area contributed by atoms with Crippen LogP contribution in [0.25, 0.3) is 0 Å². The van der Waals surface area contributed by atoms with E-state index >= 15 is 0 Å². The molecular formula is C18H18F4N8O3. The molecule has 0 saturated heterocycles. The van der Waals surface area contributed by atoms with Crippen LogP contribution in [0.3, 0.4) is 0 Å². The lowest BCUT2D eigenvalue weighted by Crippen LogP contribution is -2.23. The molecule has 11 nitrogen and oxygen atoms in total. The fourth-order valence-electron chi connectivity index (χ4n) is 2.70. The minimum atomic E-state index is -4.82. The maximum absolute atomic E-state index is 14.2. The van der Waals surface area contributed by atoms with Gasteiger partial charge in [0, 0.05) is 19.5 Å². The molecule has 2 amide bonds. The third-order valence-corrected chi connectivity index (χ3v) is 4.20. The Morgan fingerprint density at radius 1 is 1.12 bits per heavy atom. The number of primary amides is 1. The van der Waals surface area contributed by atoms with Gasteiger partial charge in [-0.15, -0.1) is 23.4 Å². The Balaban J connectivity index is 1.47. The van der Waals surface area contributed by atoms with E-state index in [4.69, 9.17) is 5.73 Å². The first kappa shape index (κ1) is 23.6. The number of nitrogens with one attached hydrogen (secondary N) is 1. The predicted molar refractivity (Wildman–Crippen MR) is 102 cm³/mol. The summed E-state index contributed by atoms with van der Waals surface area (Å²) in [5.74, 6) is -1.79. The molecule has 0 aliphatic rings. The van der Waals surface area contributed by atoms with Gasteiger partial charge in [0.05, 0.1) is 18.9 Å². The quantitative estimate of drug-likeness (QED) is 0.424. The first-order valence-electron chi connectivity index (χ1n) is 9.46. The Morgan fingerprint density at radius 3 is 2.52 bits per heavy atom. The van der Waals surface area contributed by atoms with Crippen LogP contribution in [0, 0.1) is 0 Å². The van der Waals surface area contributed by atoms with E-state index in [1.54, 1.807) is 0 Å². The lowest BCUT2D eigenvalue weighted by molar-refractivity contribution is -0.274. The highest BCUT2D eigenvalue weighted by Crippen LogP contribution is 2.23. The molecule has 0 aliphatic carbocycles. The summed E-state index contributed by atoms with van der Waals surface area (Å²) >= 11 is 0. The number of aryl methyl sites for hydroxylation is 1. The monoisotopic (exact) mass is 470 g/mol. The van der Waals surface area contributed by atoms with Gasteiger partial charge in [-0.25, -0.2) is 9.07 Å². The zero-order chi connectivity index (χ0) is 24.0.